The maximum atomic E-state index is 12.3. The largest absolute Gasteiger partial charge is 0.350 e. The Hall–Kier alpha value is -2.34. The molecular weight excluding hydrogens is 336 g/mol. The standard InChI is InChI=1S/C19H24N2O3S/c1-4-17-7-5-6-8-18(17)21(25(3,23)24)14-19(22)20-13-16-11-9-15(2)10-12-16/h5-12H,4,13-14H2,1-3H3,(H,20,22). The van der Waals surface area contributed by atoms with Crippen molar-refractivity contribution in [2.24, 2.45) is 0 Å². The van der Waals surface area contributed by atoms with Crippen LogP contribution in [-0.4, -0.2) is 27.1 Å². The van der Waals surface area contributed by atoms with Gasteiger partial charge in [-0.1, -0.05) is 55.0 Å². The van der Waals surface area contributed by atoms with Crippen molar-refractivity contribution < 1.29 is 13.2 Å². The van der Waals surface area contributed by atoms with Crippen LogP contribution in [-0.2, 0) is 27.8 Å². The number of rotatable bonds is 7. The molecule has 0 saturated carbocycles. The third kappa shape index (κ3) is 5.32. The Morgan fingerprint density at radius 2 is 1.72 bits per heavy atom. The highest BCUT2D eigenvalue weighted by Gasteiger charge is 2.22. The molecule has 2 rings (SSSR count). The Morgan fingerprint density at radius 1 is 1.08 bits per heavy atom. The Morgan fingerprint density at radius 3 is 2.32 bits per heavy atom. The van der Waals surface area contributed by atoms with Gasteiger partial charge in [-0.2, -0.15) is 0 Å². The highest BCUT2D eigenvalue weighted by molar-refractivity contribution is 7.92. The van der Waals surface area contributed by atoms with Gasteiger partial charge in [0.1, 0.15) is 6.54 Å². The predicted molar refractivity (Wildman–Crippen MR) is 101 cm³/mol. The zero-order valence-electron chi connectivity index (χ0n) is 14.8. The minimum atomic E-state index is -3.56. The second-order valence-corrected chi connectivity index (χ2v) is 7.92. The number of carbonyl (C=O) groups excluding carboxylic acids is 1. The third-order valence-electron chi connectivity index (χ3n) is 3.94. The summed E-state index contributed by atoms with van der Waals surface area (Å²) in [6.07, 6.45) is 1.81. The van der Waals surface area contributed by atoms with Crippen molar-refractivity contribution in [3.05, 3.63) is 65.2 Å². The number of anilines is 1. The number of para-hydroxylation sites is 1. The molecule has 2 aromatic carbocycles. The molecule has 1 amide bonds. The van der Waals surface area contributed by atoms with E-state index in [1.807, 2.05) is 50.2 Å². The molecule has 25 heavy (non-hydrogen) atoms. The summed E-state index contributed by atoms with van der Waals surface area (Å²) in [5.74, 6) is -0.336. The van der Waals surface area contributed by atoms with E-state index < -0.39 is 10.0 Å². The zero-order chi connectivity index (χ0) is 18.4. The first kappa shape index (κ1) is 19.0. The van der Waals surface area contributed by atoms with Crippen LogP contribution in [0.2, 0.25) is 0 Å². The van der Waals surface area contributed by atoms with E-state index in [-0.39, 0.29) is 12.5 Å². The molecule has 6 heteroatoms. The smallest absolute Gasteiger partial charge is 0.241 e. The van der Waals surface area contributed by atoms with Crippen LogP contribution in [0.1, 0.15) is 23.6 Å². The van der Waals surface area contributed by atoms with E-state index in [1.54, 1.807) is 12.1 Å². The van der Waals surface area contributed by atoms with Crippen LogP contribution in [0, 0.1) is 6.92 Å². The number of hydrogen-bond donors (Lipinski definition) is 1. The minimum absolute atomic E-state index is 0.234. The van der Waals surface area contributed by atoms with Crippen molar-refractivity contribution in [3.8, 4) is 0 Å². The van der Waals surface area contributed by atoms with Gasteiger partial charge in [0.05, 0.1) is 11.9 Å². The number of benzene rings is 2. The predicted octanol–water partition coefficient (Wildman–Crippen LogP) is 2.64. The molecule has 1 N–H and O–H groups in total. The molecule has 0 unspecified atom stereocenters. The average molecular weight is 360 g/mol. The van der Waals surface area contributed by atoms with Gasteiger partial charge in [-0.15, -0.1) is 0 Å². The van der Waals surface area contributed by atoms with Gasteiger partial charge in [-0.3, -0.25) is 9.10 Å². The molecule has 5 nitrogen and oxygen atoms in total. The molecule has 0 atom stereocenters. The summed E-state index contributed by atoms with van der Waals surface area (Å²) in [6, 6.07) is 15.1. The van der Waals surface area contributed by atoms with Crippen LogP contribution < -0.4 is 9.62 Å². The number of hydrogen-bond acceptors (Lipinski definition) is 3. The van der Waals surface area contributed by atoms with Crippen molar-refractivity contribution in [2.45, 2.75) is 26.8 Å². The quantitative estimate of drug-likeness (QED) is 0.825. The lowest BCUT2D eigenvalue weighted by Crippen LogP contribution is -2.40. The molecule has 0 spiro atoms. The van der Waals surface area contributed by atoms with Crippen LogP contribution in [0.15, 0.2) is 48.5 Å². The minimum Gasteiger partial charge on any atom is -0.350 e. The third-order valence-corrected chi connectivity index (χ3v) is 5.07. The molecule has 134 valence electrons. The van der Waals surface area contributed by atoms with Crippen LogP contribution in [0.5, 0.6) is 0 Å². The van der Waals surface area contributed by atoms with Gasteiger partial charge in [-0.25, -0.2) is 8.42 Å². The molecule has 0 aliphatic heterocycles. The lowest BCUT2D eigenvalue weighted by atomic mass is 10.1. The van der Waals surface area contributed by atoms with Gasteiger partial charge in [0, 0.05) is 6.54 Å². The van der Waals surface area contributed by atoms with E-state index >= 15 is 0 Å². The van der Waals surface area contributed by atoms with Crippen LogP contribution in [0.3, 0.4) is 0 Å². The van der Waals surface area contributed by atoms with E-state index in [1.165, 1.54) is 0 Å². The number of aryl methyl sites for hydroxylation is 2. The summed E-state index contributed by atoms with van der Waals surface area (Å²) in [6.45, 7) is 4.09. The number of nitrogens with one attached hydrogen (secondary N) is 1. The van der Waals surface area contributed by atoms with Gasteiger partial charge >= 0.3 is 0 Å². The Balaban J connectivity index is 2.12. The van der Waals surface area contributed by atoms with Gasteiger partial charge in [-0.05, 0) is 30.5 Å². The van der Waals surface area contributed by atoms with Crippen molar-refractivity contribution in [3.63, 3.8) is 0 Å². The van der Waals surface area contributed by atoms with Gasteiger partial charge < -0.3 is 5.32 Å². The van der Waals surface area contributed by atoms with Gasteiger partial charge in [0.2, 0.25) is 15.9 Å². The van der Waals surface area contributed by atoms with Gasteiger partial charge in [0.25, 0.3) is 0 Å². The van der Waals surface area contributed by atoms with Crippen LogP contribution in [0.4, 0.5) is 5.69 Å². The topological polar surface area (TPSA) is 66.5 Å². The number of amides is 1. The van der Waals surface area contributed by atoms with E-state index in [2.05, 4.69) is 5.32 Å². The maximum absolute atomic E-state index is 12.3. The molecule has 0 aliphatic carbocycles. The molecule has 2 aromatic rings. The first-order valence-electron chi connectivity index (χ1n) is 8.19. The van der Waals surface area contributed by atoms with Crippen molar-refractivity contribution in [2.75, 3.05) is 17.1 Å². The molecule has 0 saturated heterocycles. The molecule has 0 fully saturated rings. The molecule has 0 bridgehead atoms. The summed E-state index contributed by atoms with van der Waals surface area (Å²) >= 11 is 0. The maximum Gasteiger partial charge on any atom is 0.241 e. The van der Waals surface area contributed by atoms with Crippen LogP contribution in [0.25, 0.3) is 0 Å². The van der Waals surface area contributed by atoms with Crippen LogP contribution >= 0.6 is 0 Å². The molecular formula is C19H24N2O3S. The molecule has 0 aliphatic rings. The van der Waals surface area contributed by atoms with E-state index in [0.29, 0.717) is 18.7 Å². The summed E-state index contributed by atoms with van der Waals surface area (Å²) < 4.78 is 25.5. The fraction of sp³-hybridized carbons (Fsp3) is 0.316. The van der Waals surface area contributed by atoms with Crippen molar-refractivity contribution >= 4 is 21.6 Å². The lowest BCUT2D eigenvalue weighted by molar-refractivity contribution is -0.119. The lowest BCUT2D eigenvalue weighted by Gasteiger charge is -2.24. The van der Waals surface area contributed by atoms with E-state index in [0.717, 1.165) is 27.3 Å². The molecule has 0 radical (unpaired) electrons. The SMILES string of the molecule is CCc1ccccc1N(CC(=O)NCc1ccc(C)cc1)S(C)(=O)=O. The fourth-order valence-electron chi connectivity index (χ4n) is 2.53. The second kappa shape index (κ2) is 8.16. The number of sulfonamides is 1. The van der Waals surface area contributed by atoms with Gasteiger partial charge in [0.15, 0.2) is 0 Å². The average Bonchev–Trinajstić information content (AvgIpc) is 2.58. The monoisotopic (exact) mass is 360 g/mol. The van der Waals surface area contributed by atoms with Crippen molar-refractivity contribution in [1.82, 2.24) is 5.32 Å². The Kier molecular flexibility index (Phi) is 6.20. The highest BCUT2D eigenvalue weighted by Crippen LogP contribution is 2.23. The summed E-state index contributed by atoms with van der Waals surface area (Å²) in [5, 5.41) is 2.78. The van der Waals surface area contributed by atoms with E-state index in [4.69, 9.17) is 0 Å². The molecule has 0 aromatic heterocycles. The first-order chi connectivity index (χ1) is 11.8. The normalized spacial score (nSPS) is 11.2. The second-order valence-electron chi connectivity index (χ2n) is 6.01. The zero-order valence-corrected chi connectivity index (χ0v) is 15.6. The Labute approximate surface area is 149 Å². The highest BCUT2D eigenvalue weighted by atomic mass is 32.2. The fourth-order valence-corrected chi connectivity index (χ4v) is 3.41. The first-order valence-corrected chi connectivity index (χ1v) is 10.0. The number of nitrogens with zero attached hydrogens (tertiary/aromatic N) is 1. The molecule has 0 heterocycles. The van der Waals surface area contributed by atoms with E-state index in [9.17, 15) is 13.2 Å². The summed E-state index contributed by atoms with van der Waals surface area (Å²) in [5.41, 5.74) is 3.56. The Bertz CT molecular complexity index is 830. The summed E-state index contributed by atoms with van der Waals surface area (Å²) in [4.78, 5) is 12.3. The summed E-state index contributed by atoms with van der Waals surface area (Å²) in [7, 11) is -3.56. The van der Waals surface area contributed by atoms with Crippen molar-refractivity contribution in [1.29, 1.82) is 0 Å². The number of carbonyl (C=O) groups is 1.